The Balaban J connectivity index is 1.75. The maximum Gasteiger partial charge on any atom is 0.258 e. The predicted octanol–water partition coefficient (Wildman–Crippen LogP) is 2.02. The summed E-state index contributed by atoms with van der Waals surface area (Å²) in [7, 11) is 3.46. The van der Waals surface area contributed by atoms with Crippen LogP contribution in [0.2, 0.25) is 5.02 Å². The Labute approximate surface area is 159 Å². The molecule has 2 aliphatic heterocycles. The SMILES string of the molecule is CNCC1CCN(C(=O)C2CCCN2C(=O)c2cc(Cl)ccc2OC)C1. The van der Waals surface area contributed by atoms with Gasteiger partial charge in [-0.1, -0.05) is 11.6 Å². The zero-order valence-electron chi connectivity index (χ0n) is 15.3. The lowest BCUT2D eigenvalue weighted by Crippen LogP contribution is -2.47. The molecule has 142 valence electrons. The fraction of sp³-hybridized carbons (Fsp3) is 0.579. The van der Waals surface area contributed by atoms with Crippen LogP contribution in [-0.4, -0.2) is 68.0 Å². The number of rotatable bonds is 5. The molecule has 0 spiro atoms. The Morgan fingerprint density at radius 2 is 2.12 bits per heavy atom. The zero-order valence-corrected chi connectivity index (χ0v) is 16.1. The summed E-state index contributed by atoms with van der Waals surface area (Å²) in [6, 6.07) is 4.60. The average molecular weight is 380 g/mol. The molecule has 0 radical (unpaired) electrons. The fourth-order valence-corrected chi connectivity index (χ4v) is 4.14. The summed E-state index contributed by atoms with van der Waals surface area (Å²) < 4.78 is 5.31. The maximum absolute atomic E-state index is 13.1. The van der Waals surface area contributed by atoms with Gasteiger partial charge in [0.15, 0.2) is 0 Å². The van der Waals surface area contributed by atoms with Gasteiger partial charge in [-0.15, -0.1) is 0 Å². The smallest absolute Gasteiger partial charge is 0.258 e. The summed E-state index contributed by atoms with van der Waals surface area (Å²) in [6.07, 6.45) is 2.55. The molecule has 7 heteroatoms. The molecule has 2 amide bonds. The highest BCUT2D eigenvalue weighted by Crippen LogP contribution is 2.29. The number of amides is 2. The first kappa shape index (κ1) is 19.0. The van der Waals surface area contributed by atoms with Crippen molar-refractivity contribution in [2.24, 2.45) is 5.92 Å². The molecule has 1 aromatic rings. The van der Waals surface area contributed by atoms with Crippen molar-refractivity contribution in [2.45, 2.75) is 25.3 Å². The molecule has 0 aliphatic carbocycles. The molecule has 6 nitrogen and oxygen atoms in total. The largest absolute Gasteiger partial charge is 0.496 e. The molecule has 1 N–H and O–H groups in total. The number of benzene rings is 1. The number of carbonyl (C=O) groups excluding carboxylic acids is 2. The topological polar surface area (TPSA) is 61.9 Å². The number of halogens is 1. The fourth-order valence-electron chi connectivity index (χ4n) is 3.97. The number of nitrogens with one attached hydrogen (secondary N) is 1. The van der Waals surface area contributed by atoms with E-state index in [0.717, 1.165) is 32.5 Å². The van der Waals surface area contributed by atoms with Gasteiger partial charge in [0.25, 0.3) is 5.91 Å². The highest BCUT2D eigenvalue weighted by Gasteiger charge is 2.39. The second kappa shape index (κ2) is 8.27. The van der Waals surface area contributed by atoms with Crippen molar-refractivity contribution in [2.75, 3.05) is 40.3 Å². The van der Waals surface area contributed by atoms with E-state index in [4.69, 9.17) is 16.3 Å². The molecule has 0 saturated carbocycles. The van der Waals surface area contributed by atoms with Gasteiger partial charge in [0, 0.05) is 24.7 Å². The molecular weight excluding hydrogens is 354 g/mol. The van der Waals surface area contributed by atoms with Crippen LogP contribution < -0.4 is 10.1 Å². The molecule has 2 saturated heterocycles. The third-order valence-corrected chi connectivity index (χ3v) is 5.52. The summed E-state index contributed by atoms with van der Waals surface area (Å²) in [5.41, 5.74) is 0.411. The molecule has 26 heavy (non-hydrogen) atoms. The second-order valence-corrected chi connectivity index (χ2v) is 7.43. The number of hydrogen-bond donors (Lipinski definition) is 1. The Bertz CT molecular complexity index is 682. The normalized spacial score (nSPS) is 22.7. The summed E-state index contributed by atoms with van der Waals surface area (Å²) >= 11 is 6.07. The average Bonchev–Trinajstić information content (AvgIpc) is 3.30. The molecule has 0 aromatic heterocycles. The number of nitrogens with zero attached hydrogens (tertiary/aromatic N) is 2. The summed E-state index contributed by atoms with van der Waals surface area (Å²) in [4.78, 5) is 29.7. The van der Waals surface area contributed by atoms with Gasteiger partial charge in [0.05, 0.1) is 12.7 Å². The van der Waals surface area contributed by atoms with E-state index in [1.165, 1.54) is 7.11 Å². The minimum absolute atomic E-state index is 0.0652. The highest BCUT2D eigenvalue weighted by atomic mass is 35.5. The van der Waals surface area contributed by atoms with E-state index >= 15 is 0 Å². The first-order chi connectivity index (χ1) is 12.5. The van der Waals surface area contributed by atoms with Gasteiger partial charge in [0.2, 0.25) is 5.91 Å². The van der Waals surface area contributed by atoms with Crippen LogP contribution in [0.25, 0.3) is 0 Å². The molecule has 2 fully saturated rings. The van der Waals surface area contributed by atoms with E-state index in [1.54, 1.807) is 23.1 Å². The molecule has 2 atom stereocenters. The lowest BCUT2D eigenvalue weighted by molar-refractivity contribution is -0.134. The Morgan fingerprint density at radius 3 is 2.85 bits per heavy atom. The van der Waals surface area contributed by atoms with Crippen LogP contribution in [0.4, 0.5) is 0 Å². The molecule has 2 unspecified atom stereocenters. The van der Waals surface area contributed by atoms with Crippen LogP contribution in [0.3, 0.4) is 0 Å². The third-order valence-electron chi connectivity index (χ3n) is 5.28. The van der Waals surface area contributed by atoms with Gasteiger partial charge < -0.3 is 19.9 Å². The maximum atomic E-state index is 13.1. The number of hydrogen-bond acceptors (Lipinski definition) is 4. The second-order valence-electron chi connectivity index (χ2n) is 7.00. The first-order valence-electron chi connectivity index (χ1n) is 9.13. The summed E-state index contributed by atoms with van der Waals surface area (Å²) in [5, 5.41) is 3.65. The highest BCUT2D eigenvalue weighted by molar-refractivity contribution is 6.31. The molecule has 1 aromatic carbocycles. The van der Waals surface area contributed by atoms with Gasteiger partial charge in [-0.2, -0.15) is 0 Å². The quantitative estimate of drug-likeness (QED) is 0.850. The minimum Gasteiger partial charge on any atom is -0.496 e. The molecule has 3 rings (SSSR count). The number of carbonyl (C=O) groups is 2. The third kappa shape index (κ3) is 3.81. The van der Waals surface area contributed by atoms with E-state index in [9.17, 15) is 9.59 Å². The summed E-state index contributed by atoms with van der Waals surface area (Å²) in [6.45, 7) is 3.03. The number of methoxy groups -OCH3 is 1. The molecule has 0 bridgehead atoms. The van der Waals surface area contributed by atoms with Crippen molar-refractivity contribution in [3.8, 4) is 5.75 Å². The molecule has 2 heterocycles. The van der Waals surface area contributed by atoms with Gasteiger partial charge >= 0.3 is 0 Å². The van der Waals surface area contributed by atoms with Crippen molar-refractivity contribution in [3.05, 3.63) is 28.8 Å². The lowest BCUT2D eigenvalue weighted by atomic mass is 10.1. The van der Waals surface area contributed by atoms with Crippen molar-refractivity contribution in [1.82, 2.24) is 15.1 Å². The number of likely N-dealkylation sites (tertiary alicyclic amines) is 2. The standard InChI is InChI=1S/C19H26ClN3O3/c1-21-11-13-7-9-22(12-13)19(25)16-4-3-8-23(16)18(24)15-10-14(20)5-6-17(15)26-2/h5-6,10,13,16,21H,3-4,7-9,11-12H2,1-2H3. The number of ether oxygens (including phenoxy) is 1. The van der Waals surface area contributed by atoms with Crippen LogP contribution in [-0.2, 0) is 4.79 Å². The monoisotopic (exact) mass is 379 g/mol. The van der Waals surface area contributed by atoms with Crippen molar-refractivity contribution < 1.29 is 14.3 Å². The summed E-state index contributed by atoms with van der Waals surface area (Å²) in [5.74, 6) is 0.844. The van der Waals surface area contributed by atoms with Gasteiger partial charge in [-0.25, -0.2) is 0 Å². The first-order valence-corrected chi connectivity index (χ1v) is 9.50. The van der Waals surface area contributed by atoms with Crippen molar-refractivity contribution >= 4 is 23.4 Å². The van der Waals surface area contributed by atoms with Crippen LogP contribution >= 0.6 is 11.6 Å². The Kier molecular flexibility index (Phi) is 6.04. The van der Waals surface area contributed by atoms with E-state index < -0.39 is 0 Å². The predicted molar refractivity (Wildman–Crippen MR) is 101 cm³/mol. The lowest BCUT2D eigenvalue weighted by Gasteiger charge is -2.28. The van der Waals surface area contributed by atoms with E-state index in [0.29, 0.717) is 35.2 Å². The van der Waals surface area contributed by atoms with E-state index in [1.807, 2.05) is 11.9 Å². The Hall–Kier alpha value is -1.79. The van der Waals surface area contributed by atoms with Crippen LogP contribution in [0.5, 0.6) is 5.75 Å². The van der Waals surface area contributed by atoms with E-state index in [2.05, 4.69) is 5.32 Å². The molecular formula is C19H26ClN3O3. The molecule has 2 aliphatic rings. The van der Waals surface area contributed by atoms with Crippen LogP contribution in [0, 0.1) is 5.92 Å². The zero-order chi connectivity index (χ0) is 18.7. The Morgan fingerprint density at radius 1 is 1.31 bits per heavy atom. The minimum atomic E-state index is -0.389. The van der Waals surface area contributed by atoms with Crippen molar-refractivity contribution in [3.63, 3.8) is 0 Å². The van der Waals surface area contributed by atoms with Gasteiger partial charge in [0.1, 0.15) is 11.8 Å². The van der Waals surface area contributed by atoms with Crippen LogP contribution in [0.1, 0.15) is 29.6 Å². The van der Waals surface area contributed by atoms with Crippen molar-refractivity contribution in [1.29, 1.82) is 0 Å². The van der Waals surface area contributed by atoms with Gasteiger partial charge in [-0.3, -0.25) is 9.59 Å². The van der Waals surface area contributed by atoms with Crippen LogP contribution in [0.15, 0.2) is 18.2 Å². The van der Waals surface area contributed by atoms with Gasteiger partial charge in [-0.05, 0) is 57.0 Å². The van der Waals surface area contributed by atoms with E-state index in [-0.39, 0.29) is 17.9 Å².